The first-order chi connectivity index (χ1) is 9.20. The molecule has 4 nitrogen and oxygen atoms in total. The van der Waals surface area contributed by atoms with Gasteiger partial charge in [-0.2, -0.15) is 0 Å². The fraction of sp³-hybridized carbons (Fsp3) is 0.562. The molecule has 0 radical (unpaired) electrons. The second-order valence-corrected chi connectivity index (χ2v) is 6.25. The zero-order valence-electron chi connectivity index (χ0n) is 13.3. The average Bonchev–Trinajstić information content (AvgIpc) is 2.35. The Morgan fingerprint density at radius 1 is 1.25 bits per heavy atom. The van der Waals surface area contributed by atoms with Gasteiger partial charge in [0.15, 0.2) is 0 Å². The Morgan fingerprint density at radius 2 is 1.80 bits per heavy atom. The molecule has 0 saturated carbocycles. The van der Waals surface area contributed by atoms with E-state index in [0.717, 1.165) is 5.56 Å². The molecule has 1 aromatic carbocycles. The Kier molecular flexibility index (Phi) is 5.72. The second kappa shape index (κ2) is 6.86. The van der Waals surface area contributed by atoms with Gasteiger partial charge in [-0.1, -0.05) is 30.3 Å². The van der Waals surface area contributed by atoms with Crippen LogP contribution in [0.1, 0.15) is 32.4 Å². The number of hydrogen-bond donors (Lipinski definition) is 1. The smallest absolute Gasteiger partial charge is 0.236 e. The number of carbonyl (C=O) groups excluding carboxylic acids is 1. The maximum absolute atomic E-state index is 12.3. The van der Waals surface area contributed by atoms with Crippen molar-refractivity contribution in [3.05, 3.63) is 35.9 Å². The number of hydrogen-bond acceptors (Lipinski definition) is 3. The SMILES string of the molecule is CC(c1ccccc1)N(C)C(=O)CN(C)CC(C)(C)N. The monoisotopic (exact) mass is 277 g/mol. The quantitative estimate of drug-likeness (QED) is 0.863. The van der Waals surface area contributed by atoms with Crippen LogP contribution in [0.3, 0.4) is 0 Å². The molecule has 1 unspecified atom stereocenters. The van der Waals surface area contributed by atoms with E-state index in [9.17, 15) is 4.79 Å². The highest BCUT2D eigenvalue weighted by molar-refractivity contribution is 5.78. The van der Waals surface area contributed by atoms with E-state index in [4.69, 9.17) is 5.73 Å². The number of carbonyl (C=O) groups is 1. The van der Waals surface area contributed by atoms with E-state index in [0.29, 0.717) is 13.1 Å². The van der Waals surface area contributed by atoms with Crippen LogP contribution in [-0.2, 0) is 4.79 Å². The van der Waals surface area contributed by atoms with Crippen LogP contribution < -0.4 is 5.73 Å². The molecule has 0 aliphatic heterocycles. The Morgan fingerprint density at radius 3 is 2.30 bits per heavy atom. The summed E-state index contributed by atoms with van der Waals surface area (Å²) in [5, 5.41) is 0. The van der Waals surface area contributed by atoms with Crippen molar-refractivity contribution in [3.8, 4) is 0 Å². The van der Waals surface area contributed by atoms with Gasteiger partial charge in [-0.15, -0.1) is 0 Å². The number of benzene rings is 1. The summed E-state index contributed by atoms with van der Waals surface area (Å²) in [7, 11) is 3.77. The molecule has 0 aromatic heterocycles. The zero-order valence-corrected chi connectivity index (χ0v) is 13.3. The van der Waals surface area contributed by atoms with Crippen molar-refractivity contribution in [2.75, 3.05) is 27.2 Å². The lowest BCUT2D eigenvalue weighted by Crippen LogP contribution is -2.47. The fourth-order valence-corrected chi connectivity index (χ4v) is 2.27. The van der Waals surface area contributed by atoms with E-state index in [1.807, 2.05) is 70.1 Å². The van der Waals surface area contributed by atoms with Gasteiger partial charge in [-0.05, 0) is 33.4 Å². The maximum Gasteiger partial charge on any atom is 0.236 e. The Balaban J connectivity index is 2.59. The maximum atomic E-state index is 12.3. The van der Waals surface area contributed by atoms with Gasteiger partial charge >= 0.3 is 0 Å². The molecule has 0 aliphatic rings. The lowest BCUT2D eigenvalue weighted by atomic mass is 10.1. The summed E-state index contributed by atoms with van der Waals surface area (Å²) in [5.41, 5.74) is 6.82. The van der Waals surface area contributed by atoms with Gasteiger partial charge in [0.05, 0.1) is 12.6 Å². The van der Waals surface area contributed by atoms with E-state index >= 15 is 0 Å². The highest BCUT2D eigenvalue weighted by Gasteiger charge is 2.21. The van der Waals surface area contributed by atoms with Crippen molar-refractivity contribution in [3.63, 3.8) is 0 Å². The predicted molar refractivity (Wildman–Crippen MR) is 83.4 cm³/mol. The second-order valence-electron chi connectivity index (χ2n) is 6.25. The molecular formula is C16H27N3O. The highest BCUT2D eigenvalue weighted by atomic mass is 16.2. The lowest BCUT2D eigenvalue weighted by Gasteiger charge is -2.30. The molecule has 0 aliphatic carbocycles. The third kappa shape index (κ3) is 5.31. The first kappa shape index (κ1) is 16.7. The molecule has 2 N–H and O–H groups in total. The van der Waals surface area contributed by atoms with E-state index in [-0.39, 0.29) is 17.5 Å². The summed E-state index contributed by atoms with van der Waals surface area (Å²) < 4.78 is 0. The van der Waals surface area contributed by atoms with Gasteiger partial charge in [-0.3, -0.25) is 9.69 Å². The molecule has 1 atom stereocenters. The summed E-state index contributed by atoms with van der Waals surface area (Å²) >= 11 is 0. The molecular weight excluding hydrogens is 250 g/mol. The van der Waals surface area contributed by atoms with E-state index < -0.39 is 0 Å². The summed E-state index contributed by atoms with van der Waals surface area (Å²) in [6.07, 6.45) is 0. The molecule has 0 saturated heterocycles. The van der Waals surface area contributed by atoms with Crippen LogP contribution in [0.4, 0.5) is 0 Å². The van der Waals surface area contributed by atoms with Crippen LogP contribution in [0, 0.1) is 0 Å². The normalized spacial score (nSPS) is 13.3. The molecule has 1 amide bonds. The van der Waals surface area contributed by atoms with Crippen LogP contribution in [0.5, 0.6) is 0 Å². The van der Waals surface area contributed by atoms with Crippen molar-refractivity contribution in [1.29, 1.82) is 0 Å². The zero-order chi connectivity index (χ0) is 15.3. The Bertz CT molecular complexity index is 425. The van der Waals surface area contributed by atoms with E-state index in [1.54, 1.807) is 4.90 Å². The molecule has 0 fully saturated rings. The number of amides is 1. The van der Waals surface area contributed by atoms with Gasteiger partial charge in [0.2, 0.25) is 5.91 Å². The molecule has 112 valence electrons. The van der Waals surface area contributed by atoms with Gasteiger partial charge in [0.25, 0.3) is 0 Å². The minimum absolute atomic E-state index is 0.0722. The largest absolute Gasteiger partial charge is 0.338 e. The highest BCUT2D eigenvalue weighted by Crippen LogP contribution is 2.18. The first-order valence-corrected chi connectivity index (χ1v) is 6.99. The third-order valence-corrected chi connectivity index (χ3v) is 3.34. The molecule has 0 heterocycles. The topological polar surface area (TPSA) is 49.6 Å². The molecule has 0 bridgehead atoms. The van der Waals surface area contributed by atoms with Gasteiger partial charge < -0.3 is 10.6 Å². The van der Waals surface area contributed by atoms with Crippen LogP contribution in [0.25, 0.3) is 0 Å². The van der Waals surface area contributed by atoms with Crippen molar-refractivity contribution in [1.82, 2.24) is 9.80 Å². The fourth-order valence-electron chi connectivity index (χ4n) is 2.27. The lowest BCUT2D eigenvalue weighted by molar-refractivity contribution is -0.132. The minimum atomic E-state index is -0.293. The number of likely N-dealkylation sites (N-methyl/N-ethyl adjacent to an activating group) is 2. The molecule has 0 spiro atoms. The first-order valence-electron chi connectivity index (χ1n) is 6.99. The number of nitrogens with zero attached hydrogens (tertiary/aromatic N) is 2. The predicted octanol–water partition coefficient (Wildman–Crippen LogP) is 1.88. The summed E-state index contributed by atoms with van der Waals surface area (Å²) in [6, 6.07) is 10.1. The standard InChI is InChI=1S/C16H27N3O/c1-13(14-9-7-6-8-10-14)19(5)15(20)11-18(4)12-16(2,3)17/h6-10,13H,11-12,17H2,1-5H3. The van der Waals surface area contributed by atoms with E-state index in [2.05, 4.69) is 0 Å². The van der Waals surface area contributed by atoms with Gasteiger partial charge in [0, 0.05) is 19.1 Å². The minimum Gasteiger partial charge on any atom is -0.338 e. The van der Waals surface area contributed by atoms with Crippen molar-refractivity contribution in [2.45, 2.75) is 32.4 Å². The molecule has 4 heteroatoms. The van der Waals surface area contributed by atoms with Gasteiger partial charge in [0.1, 0.15) is 0 Å². The summed E-state index contributed by atoms with van der Waals surface area (Å²) in [4.78, 5) is 16.1. The number of rotatable bonds is 6. The van der Waals surface area contributed by atoms with Crippen LogP contribution in [-0.4, -0.2) is 48.4 Å². The van der Waals surface area contributed by atoms with Crippen LogP contribution >= 0.6 is 0 Å². The Labute approximate surface area is 122 Å². The molecule has 1 rings (SSSR count). The summed E-state index contributed by atoms with van der Waals surface area (Å²) in [5.74, 6) is 0.105. The molecule has 1 aromatic rings. The van der Waals surface area contributed by atoms with Gasteiger partial charge in [-0.25, -0.2) is 0 Å². The average molecular weight is 277 g/mol. The van der Waals surface area contributed by atoms with Crippen molar-refractivity contribution in [2.24, 2.45) is 5.73 Å². The third-order valence-electron chi connectivity index (χ3n) is 3.34. The van der Waals surface area contributed by atoms with E-state index in [1.165, 1.54) is 0 Å². The summed E-state index contributed by atoms with van der Waals surface area (Å²) in [6.45, 7) is 7.04. The Hall–Kier alpha value is -1.39. The molecule has 20 heavy (non-hydrogen) atoms. The van der Waals surface area contributed by atoms with Crippen LogP contribution in [0.2, 0.25) is 0 Å². The van der Waals surface area contributed by atoms with Crippen molar-refractivity contribution >= 4 is 5.91 Å². The van der Waals surface area contributed by atoms with Crippen LogP contribution in [0.15, 0.2) is 30.3 Å². The van der Waals surface area contributed by atoms with Crippen molar-refractivity contribution < 1.29 is 4.79 Å². The number of nitrogens with two attached hydrogens (primary N) is 1.